The number of nitrogens with zero attached hydrogens (tertiary/aromatic N) is 5. The highest BCUT2D eigenvalue weighted by Gasteiger charge is 2.28. The molecule has 0 spiro atoms. The number of anilines is 1. The van der Waals surface area contributed by atoms with Crippen molar-refractivity contribution in [3.8, 4) is 0 Å². The lowest BCUT2D eigenvalue weighted by Gasteiger charge is -2.27. The summed E-state index contributed by atoms with van der Waals surface area (Å²) in [6.07, 6.45) is 0.852. The quantitative estimate of drug-likeness (QED) is 0.477. The molecular formula is C19H19N5O2S3. The van der Waals surface area contributed by atoms with Crippen molar-refractivity contribution in [2.75, 3.05) is 29.5 Å². The molecular weight excluding hydrogens is 426 g/mol. The van der Waals surface area contributed by atoms with Gasteiger partial charge in [-0.2, -0.15) is 16.3 Å². The van der Waals surface area contributed by atoms with Gasteiger partial charge in [-0.05, 0) is 35.6 Å². The summed E-state index contributed by atoms with van der Waals surface area (Å²) in [5, 5.41) is 10.1. The molecule has 0 atom stereocenters. The van der Waals surface area contributed by atoms with Crippen LogP contribution in [0.1, 0.15) is 12.5 Å². The molecule has 4 heterocycles. The Kier molecular flexibility index (Phi) is 4.72. The zero-order valence-electron chi connectivity index (χ0n) is 15.8. The number of hydrogen-bond acceptors (Lipinski definition) is 8. The van der Waals surface area contributed by atoms with Crippen molar-refractivity contribution in [1.29, 1.82) is 0 Å². The standard InChI is InChI=1S/C19H19N5O2S3/c1-2-13-3-5-14(6-4-13)29(25,26)19-18-20-17(23-8-11-27-12-9-23)16-15(7-10-28-16)24(18)22-21-19/h3-7,10H,2,8-9,11-12H2,1H3. The van der Waals surface area contributed by atoms with Crippen molar-refractivity contribution >= 4 is 54.6 Å². The first-order valence-electron chi connectivity index (χ1n) is 9.39. The third kappa shape index (κ3) is 3.10. The number of aryl methyl sites for hydroxylation is 1. The molecule has 0 amide bonds. The maximum atomic E-state index is 13.3. The van der Waals surface area contributed by atoms with Crippen molar-refractivity contribution in [1.82, 2.24) is 19.8 Å². The third-order valence-electron chi connectivity index (χ3n) is 5.11. The molecule has 1 aliphatic rings. The summed E-state index contributed by atoms with van der Waals surface area (Å²) in [7, 11) is -3.82. The van der Waals surface area contributed by atoms with E-state index in [4.69, 9.17) is 4.98 Å². The van der Waals surface area contributed by atoms with Crippen molar-refractivity contribution < 1.29 is 8.42 Å². The van der Waals surface area contributed by atoms with Gasteiger partial charge in [0.15, 0.2) is 11.5 Å². The summed E-state index contributed by atoms with van der Waals surface area (Å²) in [6, 6.07) is 8.87. The number of fused-ring (bicyclic) bond motifs is 3. The molecule has 1 fully saturated rings. The Balaban J connectivity index is 1.70. The first-order valence-corrected chi connectivity index (χ1v) is 12.9. The minimum Gasteiger partial charge on any atom is -0.354 e. The van der Waals surface area contributed by atoms with E-state index in [1.165, 1.54) is 0 Å². The maximum Gasteiger partial charge on any atom is 0.229 e. The van der Waals surface area contributed by atoms with Crippen LogP contribution in [0.2, 0.25) is 0 Å². The minimum absolute atomic E-state index is 0.0949. The summed E-state index contributed by atoms with van der Waals surface area (Å²) in [4.78, 5) is 7.21. The number of thioether (sulfide) groups is 1. The molecule has 29 heavy (non-hydrogen) atoms. The molecule has 4 aromatic rings. The van der Waals surface area contributed by atoms with Crippen LogP contribution in [0.4, 0.5) is 5.82 Å². The maximum absolute atomic E-state index is 13.3. The van der Waals surface area contributed by atoms with Gasteiger partial charge in [0.25, 0.3) is 0 Å². The molecule has 1 aliphatic heterocycles. The van der Waals surface area contributed by atoms with E-state index >= 15 is 0 Å². The van der Waals surface area contributed by atoms with E-state index in [1.54, 1.807) is 28.0 Å². The van der Waals surface area contributed by atoms with Crippen LogP contribution in [0.25, 0.3) is 15.9 Å². The number of hydrogen-bond donors (Lipinski definition) is 0. The molecule has 0 aliphatic carbocycles. The molecule has 5 rings (SSSR count). The summed E-state index contributed by atoms with van der Waals surface area (Å²) < 4.78 is 29.1. The highest BCUT2D eigenvalue weighted by atomic mass is 32.2. The van der Waals surface area contributed by atoms with Gasteiger partial charge in [-0.15, -0.1) is 16.4 Å². The van der Waals surface area contributed by atoms with Gasteiger partial charge in [-0.3, -0.25) is 0 Å². The van der Waals surface area contributed by atoms with Gasteiger partial charge in [0.2, 0.25) is 14.9 Å². The van der Waals surface area contributed by atoms with E-state index in [2.05, 4.69) is 15.2 Å². The van der Waals surface area contributed by atoms with E-state index < -0.39 is 9.84 Å². The van der Waals surface area contributed by atoms with Crippen LogP contribution in [0.5, 0.6) is 0 Å². The van der Waals surface area contributed by atoms with Crippen molar-refractivity contribution in [3.05, 3.63) is 41.3 Å². The lowest BCUT2D eigenvalue weighted by Crippen LogP contribution is -2.33. The molecule has 150 valence electrons. The van der Waals surface area contributed by atoms with Gasteiger partial charge < -0.3 is 4.90 Å². The first-order chi connectivity index (χ1) is 14.1. The molecule has 0 bridgehead atoms. The molecule has 7 nitrogen and oxygen atoms in total. The van der Waals surface area contributed by atoms with Crippen LogP contribution in [0.3, 0.4) is 0 Å². The molecule has 0 radical (unpaired) electrons. The van der Waals surface area contributed by atoms with E-state index in [0.717, 1.165) is 52.6 Å². The predicted molar refractivity (Wildman–Crippen MR) is 117 cm³/mol. The second-order valence-corrected chi connectivity index (χ2v) is 10.8. The predicted octanol–water partition coefficient (Wildman–Crippen LogP) is 3.29. The highest BCUT2D eigenvalue weighted by Crippen LogP contribution is 2.34. The lowest BCUT2D eigenvalue weighted by atomic mass is 10.2. The highest BCUT2D eigenvalue weighted by molar-refractivity contribution is 7.99. The summed E-state index contributed by atoms with van der Waals surface area (Å²) in [5.41, 5.74) is 2.20. The molecule has 1 saturated heterocycles. The Hall–Kier alpha value is -2.17. The molecule has 0 N–H and O–H groups in total. The lowest BCUT2D eigenvalue weighted by molar-refractivity contribution is 0.592. The monoisotopic (exact) mass is 445 g/mol. The van der Waals surface area contributed by atoms with Crippen LogP contribution in [0.15, 0.2) is 45.6 Å². The van der Waals surface area contributed by atoms with Crippen LogP contribution >= 0.6 is 23.1 Å². The molecule has 0 unspecified atom stereocenters. The number of sulfone groups is 1. The largest absolute Gasteiger partial charge is 0.354 e. The van der Waals surface area contributed by atoms with Crippen molar-refractivity contribution in [2.45, 2.75) is 23.3 Å². The molecule has 10 heteroatoms. The SMILES string of the molecule is CCc1ccc(S(=O)(=O)c2nnn3c2nc(N2CCSCC2)c2sccc23)cc1. The zero-order valence-corrected chi connectivity index (χ0v) is 18.2. The molecule has 3 aromatic heterocycles. The van der Waals surface area contributed by atoms with Gasteiger partial charge >= 0.3 is 0 Å². The van der Waals surface area contributed by atoms with Gasteiger partial charge in [-0.1, -0.05) is 24.3 Å². The second-order valence-electron chi connectivity index (χ2n) is 6.80. The Labute approximate surface area is 176 Å². The van der Waals surface area contributed by atoms with Gasteiger partial charge in [0.1, 0.15) is 0 Å². The fraction of sp³-hybridized carbons (Fsp3) is 0.316. The van der Waals surface area contributed by atoms with Crippen LogP contribution in [-0.2, 0) is 16.3 Å². The number of rotatable bonds is 4. The van der Waals surface area contributed by atoms with Gasteiger partial charge in [0, 0.05) is 24.6 Å². The smallest absolute Gasteiger partial charge is 0.229 e. The average molecular weight is 446 g/mol. The third-order valence-corrected chi connectivity index (χ3v) is 8.62. The van der Waals surface area contributed by atoms with E-state index in [-0.39, 0.29) is 15.6 Å². The fourth-order valence-corrected chi connectivity index (χ4v) is 6.51. The van der Waals surface area contributed by atoms with Crippen LogP contribution in [-0.4, -0.2) is 52.8 Å². The zero-order chi connectivity index (χ0) is 20.0. The van der Waals surface area contributed by atoms with Gasteiger partial charge in [0.05, 0.1) is 15.1 Å². The van der Waals surface area contributed by atoms with E-state index in [9.17, 15) is 8.42 Å². The van der Waals surface area contributed by atoms with E-state index in [1.807, 2.05) is 42.3 Å². The topological polar surface area (TPSA) is 80.5 Å². The van der Waals surface area contributed by atoms with Gasteiger partial charge in [-0.25, -0.2) is 13.4 Å². The molecule has 1 aromatic carbocycles. The Bertz CT molecular complexity index is 1290. The van der Waals surface area contributed by atoms with Crippen LogP contribution in [0, 0.1) is 0 Å². The van der Waals surface area contributed by atoms with Crippen molar-refractivity contribution in [3.63, 3.8) is 0 Å². The Morgan fingerprint density at radius 3 is 2.59 bits per heavy atom. The normalized spacial score (nSPS) is 15.4. The second kappa shape index (κ2) is 7.26. The number of thiophene rings is 1. The number of benzene rings is 1. The first kappa shape index (κ1) is 18.8. The summed E-state index contributed by atoms with van der Waals surface area (Å²) in [6.45, 7) is 3.82. The minimum atomic E-state index is -3.82. The average Bonchev–Trinajstić information content (AvgIpc) is 3.41. The summed E-state index contributed by atoms with van der Waals surface area (Å²) in [5.74, 6) is 2.89. The van der Waals surface area contributed by atoms with Crippen molar-refractivity contribution in [2.24, 2.45) is 0 Å². The van der Waals surface area contributed by atoms with Crippen LogP contribution < -0.4 is 4.90 Å². The number of aromatic nitrogens is 4. The Morgan fingerprint density at radius 2 is 1.86 bits per heavy atom. The fourth-order valence-electron chi connectivity index (χ4n) is 3.49. The summed E-state index contributed by atoms with van der Waals surface area (Å²) >= 11 is 3.51. The van der Waals surface area contributed by atoms with E-state index in [0.29, 0.717) is 0 Å². The molecule has 0 saturated carbocycles. The Morgan fingerprint density at radius 1 is 1.10 bits per heavy atom.